The Morgan fingerprint density at radius 1 is 0.864 bits per heavy atom. The second kappa shape index (κ2) is 6.72. The fourth-order valence-corrected chi connectivity index (χ4v) is 2.15. The van der Waals surface area contributed by atoms with Crippen LogP contribution in [0.15, 0.2) is 59.2 Å². The number of benzene rings is 2. The molecule has 110 valence electrons. The number of halogens is 2. The van der Waals surface area contributed by atoms with Crippen molar-refractivity contribution in [3.63, 3.8) is 0 Å². The zero-order valence-corrected chi connectivity index (χ0v) is 13.6. The third-order valence-electron chi connectivity index (χ3n) is 2.78. The number of nitrogens with zero attached hydrogens (tertiary/aromatic N) is 3. The third-order valence-corrected chi connectivity index (χ3v) is 3.56. The lowest BCUT2D eigenvalue weighted by Gasteiger charge is -2.07. The van der Waals surface area contributed by atoms with E-state index in [1.807, 2.05) is 36.4 Å². The number of hydrogen-bond donors (Lipinski definition) is 2. The highest BCUT2D eigenvalue weighted by Gasteiger charge is 2.02. The number of aromatic nitrogens is 3. The van der Waals surface area contributed by atoms with Crippen LogP contribution >= 0.6 is 27.5 Å². The van der Waals surface area contributed by atoms with Crippen LogP contribution in [0.25, 0.3) is 0 Å². The van der Waals surface area contributed by atoms with Gasteiger partial charge < -0.3 is 10.6 Å². The van der Waals surface area contributed by atoms with Gasteiger partial charge in [0, 0.05) is 20.9 Å². The van der Waals surface area contributed by atoms with E-state index in [9.17, 15) is 0 Å². The van der Waals surface area contributed by atoms with Crippen LogP contribution in [0, 0.1) is 0 Å². The van der Waals surface area contributed by atoms with Gasteiger partial charge in [-0.05, 0) is 48.5 Å². The lowest BCUT2D eigenvalue weighted by Crippen LogP contribution is -2.02. The van der Waals surface area contributed by atoms with Gasteiger partial charge >= 0.3 is 0 Å². The predicted molar refractivity (Wildman–Crippen MR) is 92.0 cm³/mol. The van der Waals surface area contributed by atoms with E-state index >= 15 is 0 Å². The fraction of sp³-hybridized carbons (Fsp3) is 0. The van der Waals surface area contributed by atoms with Crippen molar-refractivity contribution in [3.8, 4) is 0 Å². The first-order valence-corrected chi connectivity index (χ1v) is 7.61. The molecule has 1 heterocycles. The van der Waals surface area contributed by atoms with E-state index < -0.39 is 0 Å². The maximum Gasteiger partial charge on any atom is 0.249 e. The Balaban J connectivity index is 1.74. The van der Waals surface area contributed by atoms with Crippen molar-refractivity contribution >= 4 is 50.7 Å². The van der Waals surface area contributed by atoms with Gasteiger partial charge in [0.05, 0.1) is 6.20 Å². The van der Waals surface area contributed by atoms with Gasteiger partial charge in [0.1, 0.15) is 0 Å². The predicted octanol–water partition coefficient (Wildman–Crippen LogP) is 4.77. The average Bonchev–Trinajstić information content (AvgIpc) is 2.52. The smallest absolute Gasteiger partial charge is 0.249 e. The van der Waals surface area contributed by atoms with E-state index in [4.69, 9.17) is 11.6 Å². The second-order valence-corrected chi connectivity index (χ2v) is 5.78. The highest BCUT2D eigenvalue weighted by molar-refractivity contribution is 9.10. The molecule has 0 aliphatic rings. The minimum absolute atomic E-state index is 0.407. The van der Waals surface area contributed by atoms with Crippen LogP contribution in [0.2, 0.25) is 5.02 Å². The van der Waals surface area contributed by atoms with Crippen molar-refractivity contribution in [3.05, 3.63) is 64.2 Å². The normalized spacial score (nSPS) is 10.3. The number of hydrogen-bond acceptors (Lipinski definition) is 5. The van der Waals surface area contributed by atoms with Gasteiger partial charge in [-0.25, -0.2) is 0 Å². The first-order chi connectivity index (χ1) is 10.7. The van der Waals surface area contributed by atoms with E-state index in [0.717, 1.165) is 15.8 Å². The second-order valence-electron chi connectivity index (χ2n) is 4.43. The van der Waals surface area contributed by atoms with Crippen LogP contribution in [-0.2, 0) is 0 Å². The highest BCUT2D eigenvalue weighted by Crippen LogP contribution is 2.19. The number of rotatable bonds is 4. The Kier molecular flexibility index (Phi) is 4.50. The quantitative estimate of drug-likeness (QED) is 0.686. The average molecular weight is 377 g/mol. The van der Waals surface area contributed by atoms with Gasteiger partial charge in [-0.1, -0.05) is 27.5 Å². The zero-order chi connectivity index (χ0) is 15.4. The molecule has 0 spiro atoms. The monoisotopic (exact) mass is 375 g/mol. The summed E-state index contributed by atoms with van der Waals surface area (Å²) in [6.07, 6.45) is 1.56. The molecule has 0 atom stereocenters. The van der Waals surface area contributed by atoms with Crippen molar-refractivity contribution in [1.29, 1.82) is 0 Å². The first kappa shape index (κ1) is 14.7. The topological polar surface area (TPSA) is 62.7 Å². The molecule has 2 aromatic carbocycles. The molecule has 7 heteroatoms. The van der Waals surface area contributed by atoms with Crippen LogP contribution in [0.1, 0.15) is 0 Å². The molecule has 0 aliphatic carbocycles. The first-order valence-electron chi connectivity index (χ1n) is 6.44. The summed E-state index contributed by atoms with van der Waals surface area (Å²) in [4.78, 5) is 4.37. The summed E-state index contributed by atoms with van der Waals surface area (Å²) >= 11 is 9.26. The van der Waals surface area contributed by atoms with E-state index in [0.29, 0.717) is 16.8 Å². The Bertz CT molecular complexity index is 699. The van der Waals surface area contributed by atoms with E-state index in [1.165, 1.54) is 0 Å². The molecule has 0 radical (unpaired) electrons. The Morgan fingerprint density at radius 2 is 1.50 bits per heavy atom. The summed E-state index contributed by atoms with van der Waals surface area (Å²) in [6, 6.07) is 15.1. The number of nitrogens with one attached hydrogen (secondary N) is 2. The van der Waals surface area contributed by atoms with E-state index in [-0.39, 0.29) is 0 Å². The minimum Gasteiger partial charge on any atom is -0.339 e. The molecule has 0 fully saturated rings. The van der Waals surface area contributed by atoms with Gasteiger partial charge in [0.2, 0.25) is 5.95 Å². The third kappa shape index (κ3) is 3.93. The van der Waals surface area contributed by atoms with Gasteiger partial charge in [-0.15, -0.1) is 5.10 Å². The van der Waals surface area contributed by atoms with E-state index in [2.05, 4.69) is 41.7 Å². The molecule has 0 saturated heterocycles. The highest BCUT2D eigenvalue weighted by atomic mass is 79.9. The fourth-order valence-electron chi connectivity index (χ4n) is 1.76. The molecule has 0 amide bonds. The molecule has 3 aromatic rings. The van der Waals surface area contributed by atoms with Gasteiger partial charge in [0.15, 0.2) is 5.82 Å². The Hall–Kier alpha value is -2.18. The Morgan fingerprint density at radius 3 is 2.23 bits per heavy atom. The number of anilines is 4. The SMILES string of the molecule is Clc1ccc(Nc2nncc(Nc3ccc(Br)cc3)n2)cc1. The van der Waals surface area contributed by atoms with Crippen molar-refractivity contribution in [2.45, 2.75) is 0 Å². The minimum atomic E-state index is 0.407. The van der Waals surface area contributed by atoms with Crippen LogP contribution in [0.5, 0.6) is 0 Å². The summed E-state index contributed by atoms with van der Waals surface area (Å²) in [5, 5.41) is 14.8. The summed E-state index contributed by atoms with van der Waals surface area (Å²) in [5.41, 5.74) is 1.76. The summed E-state index contributed by atoms with van der Waals surface area (Å²) in [5.74, 6) is 1.01. The van der Waals surface area contributed by atoms with E-state index in [1.54, 1.807) is 18.3 Å². The lowest BCUT2D eigenvalue weighted by atomic mass is 10.3. The molecule has 2 N–H and O–H groups in total. The molecule has 0 unspecified atom stereocenters. The van der Waals surface area contributed by atoms with Crippen LogP contribution in [0.4, 0.5) is 23.1 Å². The molecule has 0 saturated carbocycles. The van der Waals surface area contributed by atoms with Crippen LogP contribution in [-0.4, -0.2) is 15.2 Å². The zero-order valence-electron chi connectivity index (χ0n) is 11.3. The molecule has 3 rings (SSSR count). The standard InChI is InChI=1S/C15H11BrClN5/c16-10-1-5-12(6-2-10)19-14-9-18-22-15(21-14)20-13-7-3-11(17)4-8-13/h1-9H,(H2,19,20,21,22). The van der Waals surface area contributed by atoms with Gasteiger partial charge in [-0.2, -0.15) is 10.1 Å². The molecule has 1 aromatic heterocycles. The summed E-state index contributed by atoms with van der Waals surface area (Å²) in [6.45, 7) is 0. The van der Waals surface area contributed by atoms with Crippen LogP contribution < -0.4 is 10.6 Å². The summed E-state index contributed by atoms with van der Waals surface area (Å²) < 4.78 is 1.02. The van der Waals surface area contributed by atoms with Crippen LogP contribution in [0.3, 0.4) is 0 Å². The molecule has 0 bridgehead atoms. The Labute approximate surface area is 140 Å². The van der Waals surface area contributed by atoms with Crippen molar-refractivity contribution in [1.82, 2.24) is 15.2 Å². The maximum absolute atomic E-state index is 5.86. The summed E-state index contributed by atoms with van der Waals surface area (Å²) in [7, 11) is 0. The maximum atomic E-state index is 5.86. The molecular formula is C15H11BrClN5. The lowest BCUT2D eigenvalue weighted by molar-refractivity contribution is 0.982. The molecule has 0 aliphatic heterocycles. The molecule has 5 nitrogen and oxygen atoms in total. The molecular weight excluding hydrogens is 366 g/mol. The van der Waals surface area contributed by atoms with Crippen molar-refractivity contribution < 1.29 is 0 Å². The largest absolute Gasteiger partial charge is 0.339 e. The molecule has 22 heavy (non-hydrogen) atoms. The van der Waals surface area contributed by atoms with Crippen molar-refractivity contribution in [2.24, 2.45) is 0 Å². The van der Waals surface area contributed by atoms with Crippen molar-refractivity contribution in [2.75, 3.05) is 10.6 Å². The van der Waals surface area contributed by atoms with Gasteiger partial charge in [-0.3, -0.25) is 0 Å². The van der Waals surface area contributed by atoms with Gasteiger partial charge in [0.25, 0.3) is 0 Å².